The van der Waals surface area contributed by atoms with E-state index in [9.17, 15) is 0 Å². The summed E-state index contributed by atoms with van der Waals surface area (Å²) in [7, 11) is 0. The van der Waals surface area contributed by atoms with Gasteiger partial charge in [-0.25, -0.2) is 0 Å². The molecular formula is C16H24NO. The predicted molar refractivity (Wildman–Crippen MR) is 75.8 cm³/mol. The summed E-state index contributed by atoms with van der Waals surface area (Å²) in [6, 6.07) is 8.33. The van der Waals surface area contributed by atoms with Crippen LogP contribution < -0.4 is 4.74 Å². The molecule has 1 radical (unpaired) electrons. The number of nitrogens with zero attached hydrogens (tertiary/aromatic N) is 1. The van der Waals surface area contributed by atoms with Crippen molar-refractivity contribution in [2.45, 2.75) is 27.2 Å². The molecule has 0 amide bonds. The summed E-state index contributed by atoms with van der Waals surface area (Å²) >= 11 is 0. The minimum absolute atomic E-state index is 0.686. The number of aryl methyl sites for hydroxylation is 1. The third-order valence-corrected chi connectivity index (χ3v) is 3.42. The van der Waals surface area contributed by atoms with Crippen LogP contribution in [0.5, 0.6) is 5.75 Å². The van der Waals surface area contributed by atoms with Crippen molar-refractivity contribution in [3.05, 3.63) is 35.7 Å². The largest absolute Gasteiger partial charge is 0.493 e. The number of ether oxygens (including phenoxy) is 1. The normalized spacial score (nSPS) is 20.6. The van der Waals surface area contributed by atoms with Gasteiger partial charge in [0.05, 0.1) is 6.61 Å². The molecule has 0 aliphatic carbocycles. The number of benzene rings is 1. The minimum atomic E-state index is 0.686. The van der Waals surface area contributed by atoms with Crippen molar-refractivity contribution in [2.24, 2.45) is 5.92 Å². The molecule has 18 heavy (non-hydrogen) atoms. The van der Waals surface area contributed by atoms with Crippen LogP contribution in [0.4, 0.5) is 0 Å². The summed E-state index contributed by atoms with van der Waals surface area (Å²) in [5, 5.41) is 0. The van der Waals surface area contributed by atoms with Gasteiger partial charge in [-0.2, -0.15) is 0 Å². The van der Waals surface area contributed by atoms with E-state index in [4.69, 9.17) is 4.74 Å². The lowest BCUT2D eigenvalue weighted by Gasteiger charge is -2.18. The topological polar surface area (TPSA) is 12.5 Å². The quantitative estimate of drug-likeness (QED) is 0.790. The average Bonchev–Trinajstić information content (AvgIpc) is 2.75. The zero-order valence-electron chi connectivity index (χ0n) is 11.8. The zero-order chi connectivity index (χ0) is 13.0. The Morgan fingerprint density at radius 1 is 1.28 bits per heavy atom. The van der Waals surface area contributed by atoms with Crippen molar-refractivity contribution in [2.75, 3.05) is 26.2 Å². The van der Waals surface area contributed by atoms with E-state index in [1.807, 2.05) is 0 Å². The van der Waals surface area contributed by atoms with E-state index in [0.29, 0.717) is 5.92 Å². The second-order valence-corrected chi connectivity index (χ2v) is 5.72. The monoisotopic (exact) mass is 246 g/mol. The Morgan fingerprint density at radius 2 is 2.00 bits per heavy atom. The van der Waals surface area contributed by atoms with Crippen LogP contribution >= 0.6 is 0 Å². The predicted octanol–water partition coefficient (Wildman–Crippen LogP) is 3.31. The van der Waals surface area contributed by atoms with Gasteiger partial charge in [0, 0.05) is 19.0 Å². The Hall–Kier alpha value is -1.02. The summed E-state index contributed by atoms with van der Waals surface area (Å²) in [6.45, 7) is 10.9. The van der Waals surface area contributed by atoms with E-state index in [-0.39, 0.29) is 0 Å². The molecule has 1 fully saturated rings. The lowest BCUT2D eigenvalue weighted by molar-refractivity contribution is 0.242. The van der Waals surface area contributed by atoms with Crippen molar-refractivity contribution in [3.8, 4) is 5.75 Å². The molecule has 1 atom stereocenters. The SMILES string of the molecule is C[C](C)CN1CCC(COc2ccc(C)cc2)C1. The maximum atomic E-state index is 5.86. The van der Waals surface area contributed by atoms with E-state index < -0.39 is 0 Å². The molecule has 1 aliphatic rings. The second-order valence-electron chi connectivity index (χ2n) is 5.72. The molecule has 1 aliphatic heterocycles. The molecule has 0 spiro atoms. The Balaban J connectivity index is 1.73. The molecule has 2 nitrogen and oxygen atoms in total. The molecule has 1 heterocycles. The van der Waals surface area contributed by atoms with Gasteiger partial charge < -0.3 is 9.64 Å². The highest BCUT2D eigenvalue weighted by atomic mass is 16.5. The highest BCUT2D eigenvalue weighted by Gasteiger charge is 2.23. The molecule has 1 aromatic rings. The molecule has 0 saturated carbocycles. The van der Waals surface area contributed by atoms with Gasteiger partial charge in [-0.15, -0.1) is 0 Å². The first-order chi connectivity index (χ1) is 8.63. The molecule has 99 valence electrons. The summed E-state index contributed by atoms with van der Waals surface area (Å²) in [5.41, 5.74) is 1.28. The van der Waals surface area contributed by atoms with E-state index >= 15 is 0 Å². The Bertz CT molecular complexity index is 358. The van der Waals surface area contributed by atoms with Gasteiger partial charge in [0.2, 0.25) is 0 Å². The van der Waals surface area contributed by atoms with Gasteiger partial charge in [0.1, 0.15) is 5.75 Å². The van der Waals surface area contributed by atoms with Gasteiger partial charge >= 0.3 is 0 Å². The third-order valence-electron chi connectivity index (χ3n) is 3.42. The smallest absolute Gasteiger partial charge is 0.119 e. The van der Waals surface area contributed by atoms with Crippen molar-refractivity contribution in [1.82, 2.24) is 4.90 Å². The second kappa shape index (κ2) is 6.24. The summed E-state index contributed by atoms with van der Waals surface area (Å²) in [4.78, 5) is 2.53. The Kier molecular flexibility index (Phi) is 4.65. The van der Waals surface area contributed by atoms with E-state index in [0.717, 1.165) is 18.9 Å². The van der Waals surface area contributed by atoms with Crippen molar-refractivity contribution in [3.63, 3.8) is 0 Å². The molecular weight excluding hydrogens is 222 g/mol. The Morgan fingerprint density at radius 3 is 2.67 bits per heavy atom. The van der Waals surface area contributed by atoms with Gasteiger partial charge in [-0.1, -0.05) is 31.5 Å². The first-order valence-corrected chi connectivity index (χ1v) is 6.84. The van der Waals surface area contributed by atoms with Crippen LogP contribution in [0.25, 0.3) is 0 Å². The van der Waals surface area contributed by atoms with E-state index in [1.54, 1.807) is 0 Å². The van der Waals surface area contributed by atoms with Crippen LogP contribution in [0.15, 0.2) is 24.3 Å². The summed E-state index contributed by atoms with van der Waals surface area (Å²) in [5.74, 6) is 3.18. The van der Waals surface area contributed by atoms with Crippen molar-refractivity contribution in [1.29, 1.82) is 0 Å². The highest BCUT2D eigenvalue weighted by Crippen LogP contribution is 2.20. The van der Waals surface area contributed by atoms with Crippen LogP contribution in [-0.2, 0) is 0 Å². The molecule has 2 heteroatoms. The molecule has 0 aromatic heterocycles. The maximum absolute atomic E-state index is 5.86. The molecule has 1 saturated heterocycles. The maximum Gasteiger partial charge on any atom is 0.119 e. The molecule has 0 bridgehead atoms. The molecule has 1 aromatic carbocycles. The van der Waals surface area contributed by atoms with Gasteiger partial charge in [-0.05, 0) is 37.9 Å². The van der Waals surface area contributed by atoms with Crippen LogP contribution in [0, 0.1) is 18.8 Å². The van der Waals surface area contributed by atoms with Crippen molar-refractivity contribution >= 4 is 0 Å². The Labute approximate surface area is 111 Å². The first-order valence-electron chi connectivity index (χ1n) is 6.84. The van der Waals surface area contributed by atoms with Gasteiger partial charge in [0.15, 0.2) is 0 Å². The van der Waals surface area contributed by atoms with Gasteiger partial charge in [0.25, 0.3) is 0 Å². The lowest BCUT2D eigenvalue weighted by Crippen LogP contribution is -2.25. The molecule has 1 unspecified atom stereocenters. The molecule has 0 N–H and O–H groups in total. The lowest BCUT2D eigenvalue weighted by atomic mass is 10.1. The van der Waals surface area contributed by atoms with Crippen LogP contribution in [0.3, 0.4) is 0 Å². The number of hydrogen-bond acceptors (Lipinski definition) is 2. The zero-order valence-corrected chi connectivity index (χ0v) is 11.8. The van der Waals surface area contributed by atoms with Crippen molar-refractivity contribution < 1.29 is 4.74 Å². The fraction of sp³-hybridized carbons (Fsp3) is 0.562. The standard InChI is InChI=1S/C16H24NO/c1-13(2)10-17-9-8-15(11-17)12-18-16-6-4-14(3)5-7-16/h4-7,15H,8-12H2,1-3H3. The fourth-order valence-electron chi connectivity index (χ4n) is 2.49. The van der Waals surface area contributed by atoms with E-state index in [2.05, 4.69) is 49.9 Å². The average molecular weight is 246 g/mol. The first kappa shape index (κ1) is 13.4. The van der Waals surface area contributed by atoms with Crippen LogP contribution in [0.2, 0.25) is 0 Å². The van der Waals surface area contributed by atoms with E-state index in [1.165, 1.54) is 31.0 Å². The molecule has 2 rings (SSSR count). The minimum Gasteiger partial charge on any atom is -0.493 e. The number of likely N-dealkylation sites (tertiary alicyclic amines) is 1. The third kappa shape index (κ3) is 4.02. The van der Waals surface area contributed by atoms with Gasteiger partial charge in [-0.3, -0.25) is 0 Å². The fourth-order valence-corrected chi connectivity index (χ4v) is 2.49. The van der Waals surface area contributed by atoms with Crippen LogP contribution in [-0.4, -0.2) is 31.1 Å². The number of rotatable bonds is 5. The summed E-state index contributed by atoms with van der Waals surface area (Å²) < 4.78 is 5.86. The van der Waals surface area contributed by atoms with Crippen LogP contribution in [0.1, 0.15) is 25.8 Å². The number of hydrogen-bond donors (Lipinski definition) is 0. The summed E-state index contributed by atoms with van der Waals surface area (Å²) in [6.07, 6.45) is 1.26. The highest BCUT2D eigenvalue weighted by molar-refractivity contribution is 5.26.